The molecule has 7 nitrogen and oxygen atoms in total. The van der Waals surface area contributed by atoms with Gasteiger partial charge in [0, 0.05) is 26.3 Å². The number of Topliss-reactive ketones (excluding diaryl/α,β-unsaturated/α-hetero) is 1. The molecule has 1 fully saturated rings. The third-order valence-corrected chi connectivity index (χ3v) is 7.05. The van der Waals surface area contributed by atoms with E-state index >= 15 is 0 Å². The number of carbonyl (C=O) groups excluding carboxylic acids is 2. The summed E-state index contributed by atoms with van der Waals surface area (Å²) in [5.41, 5.74) is 2.31. The molecule has 2 heterocycles. The number of benzene rings is 3. The first-order valence-corrected chi connectivity index (χ1v) is 14.0. The van der Waals surface area contributed by atoms with Crippen molar-refractivity contribution in [3.05, 3.63) is 66.2 Å². The molecule has 0 aromatic heterocycles. The summed E-state index contributed by atoms with van der Waals surface area (Å²) in [5, 5.41) is 11.7. The fourth-order valence-electron chi connectivity index (χ4n) is 4.98. The van der Waals surface area contributed by atoms with Crippen LogP contribution in [0.2, 0.25) is 0 Å². The largest absolute Gasteiger partial charge is 0.451 e. The third-order valence-electron chi connectivity index (χ3n) is 7.05. The molecule has 5 rings (SSSR count). The zero-order valence-corrected chi connectivity index (χ0v) is 23.2. The maximum Gasteiger partial charge on any atom is 0.254 e. The Morgan fingerprint density at radius 3 is 2.49 bits per heavy atom. The molecule has 3 aromatic rings. The van der Waals surface area contributed by atoms with Crippen molar-refractivity contribution in [2.24, 2.45) is 5.92 Å². The molecule has 1 saturated heterocycles. The van der Waals surface area contributed by atoms with Gasteiger partial charge in [-0.2, -0.15) is 0 Å². The Bertz CT molecular complexity index is 1340. The van der Waals surface area contributed by atoms with Crippen LogP contribution in [0.5, 0.6) is 11.5 Å². The number of hydrogen-bond acceptors (Lipinski definition) is 6. The van der Waals surface area contributed by atoms with Gasteiger partial charge in [-0.3, -0.25) is 9.59 Å². The first kappa shape index (κ1) is 28.2. The topological polar surface area (TPSA) is 88.7 Å². The van der Waals surface area contributed by atoms with Gasteiger partial charge in [-0.25, -0.2) is 0 Å². The molecule has 3 N–H and O–H groups in total. The fourth-order valence-corrected chi connectivity index (χ4v) is 4.98. The molecule has 206 valence electrons. The lowest BCUT2D eigenvalue weighted by Gasteiger charge is -2.26. The zero-order valence-electron chi connectivity index (χ0n) is 23.2. The minimum atomic E-state index is -0.440. The van der Waals surface area contributed by atoms with E-state index in [1.54, 1.807) is 6.07 Å². The Balaban J connectivity index is 0.00000172. The van der Waals surface area contributed by atoms with Crippen LogP contribution in [0, 0.1) is 5.92 Å². The molecule has 0 unspecified atom stereocenters. The Hall–Kier alpha value is -3.84. The van der Waals surface area contributed by atoms with Crippen LogP contribution in [0.4, 0.5) is 17.1 Å². The monoisotopic (exact) mass is 529 g/mol. The number of anilines is 3. The van der Waals surface area contributed by atoms with Gasteiger partial charge in [-0.1, -0.05) is 44.7 Å². The second kappa shape index (κ2) is 13.3. The molecule has 1 amide bonds. The summed E-state index contributed by atoms with van der Waals surface area (Å²) in [6, 6.07) is 15.5. The molecule has 7 heteroatoms. The third kappa shape index (κ3) is 6.42. The van der Waals surface area contributed by atoms with Gasteiger partial charge in [0.1, 0.15) is 0 Å². The summed E-state index contributed by atoms with van der Waals surface area (Å²) in [5.74, 6) is 0.978. The van der Waals surface area contributed by atoms with Crippen molar-refractivity contribution >= 4 is 39.5 Å². The summed E-state index contributed by atoms with van der Waals surface area (Å²) in [6.07, 6.45) is 4.05. The van der Waals surface area contributed by atoms with E-state index in [0.717, 1.165) is 61.0 Å². The molecule has 0 atom stereocenters. The van der Waals surface area contributed by atoms with Gasteiger partial charge in [0.2, 0.25) is 0 Å². The molecule has 39 heavy (non-hydrogen) atoms. The van der Waals surface area contributed by atoms with Gasteiger partial charge in [0.15, 0.2) is 17.3 Å². The Morgan fingerprint density at radius 1 is 1.05 bits per heavy atom. The molecule has 0 spiro atoms. The highest BCUT2D eigenvalue weighted by molar-refractivity contribution is 6.27. The van der Waals surface area contributed by atoms with Crippen LogP contribution in [0.25, 0.3) is 10.8 Å². The Labute approximate surface area is 231 Å². The van der Waals surface area contributed by atoms with Crippen LogP contribution in [0.15, 0.2) is 60.7 Å². The Morgan fingerprint density at radius 2 is 1.77 bits per heavy atom. The molecular formula is C32H39N3O4. The summed E-state index contributed by atoms with van der Waals surface area (Å²) in [6.45, 7) is 12.7. The maximum absolute atomic E-state index is 13.4. The molecule has 2 aliphatic heterocycles. The van der Waals surface area contributed by atoms with E-state index < -0.39 is 11.7 Å². The van der Waals surface area contributed by atoms with E-state index in [4.69, 9.17) is 9.47 Å². The SMILES string of the molecule is C=C(C(=O)NCCCC1CCOCC1)C(=O)c1ccc(NCC)c2c1Nc1cc3ccccc3cc1O2.CC. The Kier molecular flexibility index (Phi) is 9.60. The summed E-state index contributed by atoms with van der Waals surface area (Å²) >= 11 is 0. The number of ether oxygens (including phenoxy) is 2. The van der Waals surface area contributed by atoms with E-state index in [1.807, 2.05) is 63.2 Å². The van der Waals surface area contributed by atoms with Crippen molar-refractivity contribution in [2.45, 2.75) is 46.5 Å². The number of hydrogen-bond donors (Lipinski definition) is 3. The molecule has 0 radical (unpaired) electrons. The van der Waals surface area contributed by atoms with Gasteiger partial charge < -0.3 is 25.4 Å². The lowest BCUT2D eigenvalue weighted by atomic mass is 9.95. The number of amides is 1. The highest BCUT2D eigenvalue weighted by atomic mass is 16.5. The second-order valence-corrected chi connectivity index (χ2v) is 9.58. The lowest BCUT2D eigenvalue weighted by Crippen LogP contribution is -2.29. The van der Waals surface area contributed by atoms with Gasteiger partial charge in [-0.15, -0.1) is 0 Å². The number of nitrogens with one attached hydrogen (secondary N) is 3. The van der Waals surface area contributed by atoms with Crippen LogP contribution >= 0.6 is 0 Å². The minimum Gasteiger partial charge on any atom is -0.451 e. The van der Waals surface area contributed by atoms with Crippen LogP contribution in [-0.2, 0) is 9.53 Å². The zero-order chi connectivity index (χ0) is 27.8. The number of carbonyl (C=O) groups is 2. The van der Waals surface area contributed by atoms with Crippen LogP contribution in [0.1, 0.15) is 56.8 Å². The van der Waals surface area contributed by atoms with Crippen molar-refractivity contribution in [3.63, 3.8) is 0 Å². The van der Waals surface area contributed by atoms with Gasteiger partial charge >= 0.3 is 0 Å². The average molecular weight is 530 g/mol. The first-order valence-electron chi connectivity index (χ1n) is 14.0. The van der Waals surface area contributed by atoms with Gasteiger partial charge in [-0.05, 0) is 73.6 Å². The number of fused-ring (bicyclic) bond motifs is 3. The van der Waals surface area contributed by atoms with Crippen molar-refractivity contribution in [1.82, 2.24) is 5.32 Å². The normalized spacial score (nSPS) is 14.0. The second-order valence-electron chi connectivity index (χ2n) is 9.58. The summed E-state index contributed by atoms with van der Waals surface area (Å²) < 4.78 is 11.7. The lowest BCUT2D eigenvalue weighted by molar-refractivity contribution is -0.117. The van der Waals surface area contributed by atoms with Crippen molar-refractivity contribution < 1.29 is 19.1 Å². The molecule has 3 aromatic carbocycles. The van der Waals surface area contributed by atoms with Crippen molar-refractivity contribution in [3.8, 4) is 11.5 Å². The van der Waals surface area contributed by atoms with Gasteiger partial charge in [0.05, 0.1) is 28.2 Å². The highest BCUT2D eigenvalue weighted by Crippen LogP contribution is 2.49. The summed E-state index contributed by atoms with van der Waals surface area (Å²) in [7, 11) is 0. The van der Waals surface area contributed by atoms with Crippen LogP contribution < -0.4 is 20.7 Å². The highest BCUT2D eigenvalue weighted by Gasteiger charge is 2.28. The number of rotatable bonds is 9. The maximum atomic E-state index is 13.4. The fraction of sp³-hybridized carbons (Fsp3) is 0.375. The van der Waals surface area contributed by atoms with E-state index in [-0.39, 0.29) is 5.57 Å². The first-order chi connectivity index (χ1) is 19.0. The van der Waals surface area contributed by atoms with E-state index in [9.17, 15) is 9.59 Å². The number of ketones is 1. The van der Waals surface area contributed by atoms with Crippen molar-refractivity contribution in [2.75, 3.05) is 36.9 Å². The molecular weight excluding hydrogens is 490 g/mol. The predicted molar refractivity (Wildman–Crippen MR) is 159 cm³/mol. The standard InChI is InChI=1S/C30H33N3O4.C2H6/c1-3-31-24-11-10-23(28(34)19(2)30(35)32-14-6-7-20-12-15-36-16-13-20)27-29(24)37-26-18-22-9-5-4-8-21(22)17-25(26)33-27;1-2/h4-5,8-11,17-18,20,31,33H,2-3,6-7,12-16H2,1H3,(H,32,35);1-2H3. The molecule has 0 bridgehead atoms. The van der Waals surface area contributed by atoms with Crippen molar-refractivity contribution in [1.29, 1.82) is 0 Å². The minimum absolute atomic E-state index is 0.0874. The molecule has 0 aliphatic carbocycles. The average Bonchev–Trinajstić information content (AvgIpc) is 2.98. The van der Waals surface area contributed by atoms with Gasteiger partial charge in [0.25, 0.3) is 5.91 Å². The summed E-state index contributed by atoms with van der Waals surface area (Å²) in [4.78, 5) is 26.2. The quantitative estimate of drug-likeness (QED) is 0.0698. The molecule has 0 saturated carbocycles. The smallest absolute Gasteiger partial charge is 0.254 e. The van der Waals surface area contributed by atoms with E-state index in [1.165, 1.54) is 0 Å². The van der Waals surface area contributed by atoms with E-state index in [2.05, 4.69) is 22.5 Å². The predicted octanol–water partition coefficient (Wildman–Crippen LogP) is 7.21. The van der Waals surface area contributed by atoms with E-state index in [0.29, 0.717) is 41.8 Å². The van der Waals surface area contributed by atoms with Crippen LogP contribution in [-0.4, -0.2) is 38.0 Å². The molecule has 2 aliphatic rings. The van der Waals surface area contributed by atoms with Crippen LogP contribution in [0.3, 0.4) is 0 Å².